The molecular weight excluding hydrogens is 341 g/mol. The Morgan fingerprint density at radius 3 is 2.70 bits per heavy atom. The van der Waals surface area contributed by atoms with E-state index in [0.717, 1.165) is 24.0 Å². The van der Waals surface area contributed by atoms with E-state index < -0.39 is 0 Å². The van der Waals surface area contributed by atoms with Crippen LogP contribution in [0.5, 0.6) is 0 Å². The molecule has 6 heteroatoms. The SMILES string of the molecule is CN=C(NCCc1c[nH]c2ccccc12)NCc1ccc(N(C)C)c(F)c1. The fourth-order valence-corrected chi connectivity index (χ4v) is 3.08. The lowest BCUT2D eigenvalue weighted by atomic mass is 10.1. The van der Waals surface area contributed by atoms with Crippen molar-refractivity contribution in [2.75, 3.05) is 32.6 Å². The van der Waals surface area contributed by atoms with E-state index in [2.05, 4.69) is 38.9 Å². The third kappa shape index (κ3) is 4.58. The van der Waals surface area contributed by atoms with E-state index in [0.29, 0.717) is 18.2 Å². The third-order valence-corrected chi connectivity index (χ3v) is 4.54. The molecule has 0 radical (unpaired) electrons. The van der Waals surface area contributed by atoms with Crippen LogP contribution in [0, 0.1) is 5.82 Å². The van der Waals surface area contributed by atoms with Gasteiger partial charge in [-0.1, -0.05) is 24.3 Å². The van der Waals surface area contributed by atoms with Gasteiger partial charge in [-0.3, -0.25) is 4.99 Å². The lowest BCUT2D eigenvalue weighted by Gasteiger charge is -2.15. The molecule has 0 fully saturated rings. The molecule has 3 aromatic rings. The van der Waals surface area contributed by atoms with Crippen LogP contribution in [0.25, 0.3) is 10.9 Å². The number of nitrogens with one attached hydrogen (secondary N) is 3. The summed E-state index contributed by atoms with van der Waals surface area (Å²) in [6.07, 6.45) is 2.94. The van der Waals surface area contributed by atoms with Crippen molar-refractivity contribution in [3.63, 3.8) is 0 Å². The molecule has 0 aliphatic heterocycles. The number of aromatic nitrogens is 1. The van der Waals surface area contributed by atoms with E-state index in [9.17, 15) is 4.39 Å². The van der Waals surface area contributed by atoms with Gasteiger partial charge in [0.05, 0.1) is 5.69 Å². The van der Waals surface area contributed by atoms with Gasteiger partial charge in [0.1, 0.15) is 5.82 Å². The molecule has 27 heavy (non-hydrogen) atoms. The zero-order chi connectivity index (χ0) is 19.2. The van der Waals surface area contributed by atoms with Crippen LogP contribution in [0.4, 0.5) is 10.1 Å². The predicted molar refractivity (Wildman–Crippen MR) is 111 cm³/mol. The van der Waals surface area contributed by atoms with Crippen LogP contribution in [-0.4, -0.2) is 38.6 Å². The molecule has 3 N–H and O–H groups in total. The second-order valence-electron chi connectivity index (χ2n) is 6.64. The fourth-order valence-electron chi connectivity index (χ4n) is 3.08. The lowest BCUT2D eigenvalue weighted by Crippen LogP contribution is -2.37. The number of nitrogens with zero attached hydrogens (tertiary/aromatic N) is 2. The Bertz CT molecular complexity index is 929. The van der Waals surface area contributed by atoms with E-state index in [-0.39, 0.29) is 5.82 Å². The quantitative estimate of drug-likeness (QED) is 0.463. The molecule has 1 aromatic heterocycles. The van der Waals surface area contributed by atoms with Crippen LogP contribution >= 0.6 is 0 Å². The van der Waals surface area contributed by atoms with Gasteiger partial charge in [-0.15, -0.1) is 0 Å². The molecular formula is C21H26FN5. The highest BCUT2D eigenvalue weighted by Gasteiger charge is 2.07. The van der Waals surface area contributed by atoms with Crippen LogP contribution < -0.4 is 15.5 Å². The molecule has 5 nitrogen and oxygen atoms in total. The molecule has 0 aliphatic carbocycles. The van der Waals surface area contributed by atoms with Gasteiger partial charge in [0.2, 0.25) is 0 Å². The van der Waals surface area contributed by atoms with Crippen LogP contribution in [0.2, 0.25) is 0 Å². The van der Waals surface area contributed by atoms with Gasteiger partial charge in [0, 0.05) is 51.3 Å². The molecule has 142 valence electrons. The number of anilines is 1. The highest BCUT2D eigenvalue weighted by molar-refractivity contribution is 5.83. The number of aliphatic imine (C=N–C) groups is 1. The maximum absolute atomic E-state index is 14.1. The molecule has 3 rings (SSSR count). The molecule has 0 bridgehead atoms. The summed E-state index contributed by atoms with van der Waals surface area (Å²) in [5, 5.41) is 7.79. The van der Waals surface area contributed by atoms with Crippen LogP contribution in [0.3, 0.4) is 0 Å². The third-order valence-electron chi connectivity index (χ3n) is 4.54. The highest BCUT2D eigenvalue weighted by Crippen LogP contribution is 2.18. The molecule has 0 atom stereocenters. The summed E-state index contributed by atoms with van der Waals surface area (Å²) in [6.45, 7) is 1.27. The summed E-state index contributed by atoms with van der Waals surface area (Å²) >= 11 is 0. The predicted octanol–water partition coefficient (Wildman–Crippen LogP) is 3.28. The maximum Gasteiger partial charge on any atom is 0.191 e. The van der Waals surface area contributed by atoms with Crippen molar-refractivity contribution >= 4 is 22.5 Å². The highest BCUT2D eigenvalue weighted by atomic mass is 19.1. The smallest absolute Gasteiger partial charge is 0.191 e. The van der Waals surface area contributed by atoms with Gasteiger partial charge in [0.15, 0.2) is 5.96 Å². The molecule has 0 aliphatic rings. The molecule has 0 unspecified atom stereocenters. The molecule has 0 spiro atoms. The van der Waals surface area contributed by atoms with Crippen molar-refractivity contribution in [1.29, 1.82) is 0 Å². The van der Waals surface area contributed by atoms with Crippen LogP contribution in [0.15, 0.2) is 53.7 Å². The zero-order valence-electron chi connectivity index (χ0n) is 16.0. The second kappa shape index (κ2) is 8.58. The van der Waals surface area contributed by atoms with Crippen molar-refractivity contribution in [3.05, 3.63) is 65.6 Å². The number of para-hydroxylation sites is 1. The fraction of sp³-hybridized carbons (Fsp3) is 0.286. The van der Waals surface area contributed by atoms with Crippen molar-refractivity contribution in [3.8, 4) is 0 Å². The Balaban J connectivity index is 1.52. The minimum absolute atomic E-state index is 0.221. The lowest BCUT2D eigenvalue weighted by molar-refractivity contribution is 0.623. The number of rotatable bonds is 6. The first-order chi connectivity index (χ1) is 13.1. The molecule has 1 heterocycles. The zero-order valence-corrected chi connectivity index (χ0v) is 16.0. The van der Waals surface area contributed by atoms with Gasteiger partial charge in [-0.05, 0) is 35.7 Å². The minimum atomic E-state index is -0.221. The van der Waals surface area contributed by atoms with E-state index in [4.69, 9.17) is 0 Å². The number of fused-ring (bicyclic) bond motifs is 1. The first kappa shape index (κ1) is 18.8. The van der Waals surface area contributed by atoms with Gasteiger partial charge in [-0.25, -0.2) is 4.39 Å². The molecule has 2 aromatic carbocycles. The Hall–Kier alpha value is -3.02. The summed E-state index contributed by atoms with van der Waals surface area (Å²) in [5.74, 6) is 0.480. The number of guanidine groups is 1. The summed E-state index contributed by atoms with van der Waals surface area (Å²) in [6, 6.07) is 13.5. The number of hydrogen-bond donors (Lipinski definition) is 3. The first-order valence-electron chi connectivity index (χ1n) is 9.03. The van der Waals surface area contributed by atoms with E-state index in [1.54, 1.807) is 24.1 Å². The van der Waals surface area contributed by atoms with Crippen molar-refractivity contribution < 1.29 is 4.39 Å². The Kier molecular flexibility index (Phi) is 5.96. The summed E-state index contributed by atoms with van der Waals surface area (Å²) in [4.78, 5) is 9.29. The number of hydrogen-bond acceptors (Lipinski definition) is 2. The maximum atomic E-state index is 14.1. The average Bonchev–Trinajstić information content (AvgIpc) is 3.07. The Morgan fingerprint density at radius 2 is 1.96 bits per heavy atom. The monoisotopic (exact) mass is 367 g/mol. The number of H-pyrrole nitrogens is 1. The number of halogens is 1. The van der Waals surface area contributed by atoms with Gasteiger partial charge >= 0.3 is 0 Å². The largest absolute Gasteiger partial charge is 0.375 e. The van der Waals surface area contributed by atoms with Crippen LogP contribution in [0.1, 0.15) is 11.1 Å². The van der Waals surface area contributed by atoms with Gasteiger partial charge < -0.3 is 20.5 Å². The van der Waals surface area contributed by atoms with E-state index in [1.807, 2.05) is 32.3 Å². The van der Waals surface area contributed by atoms with Gasteiger partial charge in [0.25, 0.3) is 0 Å². The molecule has 0 saturated heterocycles. The number of aromatic amines is 1. The van der Waals surface area contributed by atoms with Crippen LogP contribution in [-0.2, 0) is 13.0 Å². The van der Waals surface area contributed by atoms with Gasteiger partial charge in [-0.2, -0.15) is 0 Å². The average molecular weight is 367 g/mol. The van der Waals surface area contributed by atoms with E-state index >= 15 is 0 Å². The van der Waals surface area contributed by atoms with Crippen molar-refractivity contribution in [2.45, 2.75) is 13.0 Å². The molecule has 0 saturated carbocycles. The van der Waals surface area contributed by atoms with Crippen molar-refractivity contribution in [2.24, 2.45) is 4.99 Å². The Morgan fingerprint density at radius 1 is 1.15 bits per heavy atom. The minimum Gasteiger partial charge on any atom is -0.375 e. The normalized spacial score (nSPS) is 11.6. The number of benzene rings is 2. The Labute approximate surface area is 159 Å². The second-order valence-corrected chi connectivity index (χ2v) is 6.64. The topological polar surface area (TPSA) is 55.5 Å². The summed E-state index contributed by atoms with van der Waals surface area (Å²) in [7, 11) is 5.39. The summed E-state index contributed by atoms with van der Waals surface area (Å²) < 4.78 is 14.1. The van der Waals surface area contributed by atoms with E-state index in [1.165, 1.54) is 10.9 Å². The standard InChI is InChI=1S/C21H26FN5/c1-23-21(26-13-15-8-9-20(27(2)3)18(22)12-15)24-11-10-16-14-25-19-7-5-4-6-17(16)19/h4-9,12,14,25H,10-11,13H2,1-3H3,(H2,23,24,26). The summed E-state index contributed by atoms with van der Waals surface area (Å²) in [5.41, 5.74) is 3.88. The van der Waals surface area contributed by atoms with Crippen molar-refractivity contribution in [1.82, 2.24) is 15.6 Å². The molecule has 0 amide bonds. The first-order valence-corrected chi connectivity index (χ1v) is 9.03.